The Balaban J connectivity index is 3.07. The molecule has 5 nitrogen and oxygen atoms in total. The first-order valence-electron chi connectivity index (χ1n) is 2.22. The molecular weight excluding hydrogens is 110 g/mol. The van der Waals surface area contributed by atoms with E-state index in [0.29, 0.717) is 6.54 Å². The fraction of sp³-hybridized carbons (Fsp3) is 1.00. The summed E-state index contributed by atoms with van der Waals surface area (Å²) in [7, 11) is 0. The summed E-state index contributed by atoms with van der Waals surface area (Å²) in [5, 5.41) is 0. The fourth-order valence-electron chi connectivity index (χ4n) is 0.270. The monoisotopic (exact) mass is 121 g/mol. The van der Waals surface area contributed by atoms with Crippen molar-refractivity contribution < 1.29 is 9.68 Å². The third-order valence-corrected chi connectivity index (χ3v) is 0.737. The van der Waals surface area contributed by atoms with E-state index < -0.39 is 0 Å². The van der Waals surface area contributed by atoms with Crippen LogP contribution in [0.25, 0.3) is 0 Å². The van der Waals surface area contributed by atoms with E-state index in [1.54, 1.807) is 0 Å². The van der Waals surface area contributed by atoms with Gasteiger partial charge in [0.05, 0.1) is 6.61 Å². The second kappa shape index (κ2) is 4.95. The van der Waals surface area contributed by atoms with Gasteiger partial charge in [-0.25, -0.2) is 11.8 Å². The van der Waals surface area contributed by atoms with Gasteiger partial charge in [0.25, 0.3) is 0 Å². The van der Waals surface area contributed by atoms with E-state index in [0.717, 1.165) is 0 Å². The largest absolute Gasteiger partial charge is 0.328 e. The highest BCUT2D eigenvalue weighted by Crippen LogP contribution is 1.81. The zero-order valence-electron chi connectivity index (χ0n) is 4.54. The van der Waals surface area contributed by atoms with Gasteiger partial charge in [-0.2, -0.15) is 0 Å². The Hall–Kier alpha value is -0.200. The van der Waals surface area contributed by atoms with E-state index in [1.165, 1.54) is 0 Å². The molecule has 8 heavy (non-hydrogen) atoms. The Labute approximate surface area is 47.6 Å². The molecule has 1 atom stereocenters. The first-order valence-corrected chi connectivity index (χ1v) is 2.22. The summed E-state index contributed by atoms with van der Waals surface area (Å²) >= 11 is 0. The second-order valence-electron chi connectivity index (χ2n) is 1.33. The SMILES string of the molecule is NC[C@@H](CON)ON. The van der Waals surface area contributed by atoms with Crippen LogP contribution >= 0.6 is 0 Å². The average molecular weight is 121 g/mol. The average Bonchev–Trinajstić information content (AvgIpc) is 1.83. The van der Waals surface area contributed by atoms with Crippen molar-refractivity contribution in [1.82, 2.24) is 0 Å². The summed E-state index contributed by atoms with van der Waals surface area (Å²) in [6, 6.07) is 0. The van der Waals surface area contributed by atoms with Crippen LogP contribution in [0, 0.1) is 0 Å². The van der Waals surface area contributed by atoms with Crippen molar-refractivity contribution in [2.75, 3.05) is 13.2 Å². The van der Waals surface area contributed by atoms with Crippen molar-refractivity contribution in [3.05, 3.63) is 0 Å². The van der Waals surface area contributed by atoms with Gasteiger partial charge in [0, 0.05) is 6.54 Å². The zero-order valence-corrected chi connectivity index (χ0v) is 4.54. The fourth-order valence-corrected chi connectivity index (χ4v) is 0.270. The van der Waals surface area contributed by atoms with Crippen LogP contribution in [0.4, 0.5) is 0 Å². The van der Waals surface area contributed by atoms with Gasteiger partial charge in [0.1, 0.15) is 6.10 Å². The molecule has 0 fully saturated rings. The molecule has 0 saturated carbocycles. The molecular formula is C3H11N3O2. The first-order chi connectivity index (χ1) is 3.85. The summed E-state index contributed by atoms with van der Waals surface area (Å²) < 4.78 is 0. The molecule has 0 aromatic rings. The van der Waals surface area contributed by atoms with Crippen LogP contribution in [-0.2, 0) is 9.68 Å². The first kappa shape index (κ1) is 7.80. The number of nitrogens with two attached hydrogens (primary N) is 3. The minimum atomic E-state index is -0.292. The number of hydrogen-bond acceptors (Lipinski definition) is 5. The maximum atomic E-state index is 5.13. The molecule has 0 aromatic carbocycles. The Morgan fingerprint density at radius 1 is 1.38 bits per heavy atom. The van der Waals surface area contributed by atoms with Crippen molar-refractivity contribution in [2.24, 2.45) is 17.5 Å². The minimum absolute atomic E-state index is 0.229. The van der Waals surface area contributed by atoms with Crippen molar-refractivity contribution in [1.29, 1.82) is 0 Å². The standard InChI is InChI=1S/C3H11N3O2/c4-1-3(8-6)2-7-5/h3H,1-2,4-6H2/t3-/m0/s1. The van der Waals surface area contributed by atoms with Gasteiger partial charge in [0.2, 0.25) is 0 Å². The molecule has 6 N–H and O–H groups in total. The van der Waals surface area contributed by atoms with Crippen LogP contribution in [0.15, 0.2) is 0 Å². The van der Waals surface area contributed by atoms with Crippen molar-refractivity contribution in [2.45, 2.75) is 6.10 Å². The van der Waals surface area contributed by atoms with E-state index in [1.807, 2.05) is 0 Å². The molecule has 5 heteroatoms. The summed E-state index contributed by atoms with van der Waals surface area (Å²) in [5.74, 6) is 9.44. The molecule has 0 spiro atoms. The maximum Gasteiger partial charge on any atom is 0.116 e. The second-order valence-corrected chi connectivity index (χ2v) is 1.33. The Morgan fingerprint density at radius 2 is 2.00 bits per heavy atom. The third-order valence-electron chi connectivity index (χ3n) is 0.737. The molecule has 0 amide bonds. The van der Waals surface area contributed by atoms with Gasteiger partial charge in [-0.1, -0.05) is 0 Å². The van der Waals surface area contributed by atoms with Crippen LogP contribution < -0.4 is 17.5 Å². The van der Waals surface area contributed by atoms with Crippen molar-refractivity contribution in [3.8, 4) is 0 Å². The van der Waals surface area contributed by atoms with Crippen LogP contribution in [0.2, 0.25) is 0 Å². The predicted molar refractivity (Wildman–Crippen MR) is 28.3 cm³/mol. The highest BCUT2D eigenvalue weighted by atomic mass is 16.7. The maximum absolute atomic E-state index is 5.13. The molecule has 0 heterocycles. The lowest BCUT2D eigenvalue weighted by Crippen LogP contribution is -2.32. The summed E-state index contributed by atoms with van der Waals surface area (Å²) in [4.78, 5) is 8.51. The lowest BCUT2D eigenvalue weighted by atomic mass is 10.4. The quantitative estimate of drug-likeness (QED) is 0.377. The van der Waals surface area contributed by atoms with E-state index in [2.05, 4.69) is 15.6 Å². The molecule has 0 radical (unpaired) electrons. The molecule has 0 saturated heterocycles. The lowest BCUT2D eigenvalue weighted by Gasteiger charge is -2.08. The zero-order chi connectivity index (χ0) is 6.41. The van der Waals surface area contributed by atoms with E-state index in [-0.39, 0.29) is 12.7 Å². The van der Waals surface area contributed by atoms with Gasteiger partial charge >= 0.3 is 0 Å². The van der Waals surface area contributed by atoms with Crippen LogP contribution in [0.5, 0.6) is 0 Å². The smallest absolute Gasteiger partial charge is 0.116 e. The van der Waals surface area contributed by atoms with Crippen LogP contribution in [-0.4, -0.2) is 19.3 Å². The molecule has 0 aromatic heterocycles. The van der Waals surface area contributed by atoms with Gasteiger partial charge in [-0.05, 0) is 0 Å². The van der Waals surface area contributed by atoms with Crippen LogP contribution in [0.3, 0.4) is 0 Å². The number of hydrogen-bond donors (Lipinski definition) is 3. The summed E-state index contributed by atoms with van der Waals surface area (Å²) in [6.07, 6.45) is -0.292. The normalized spacial score (nSPS) is 13.9. The summed E-state index contributed by atoms with van der Waals surface area (Å²) in [5.41, 5.74) is 5.13. The van der Waals surface area contributed by atoms with Crippen molar-refractivity contribution in [3.63, 3.8) is 0 Å². The van der Waals surface area contributed by atoms with Gasteiger partial charge in [-0.15, -0.1) is 0 Å². The van der Waals surface area contributed by atoms with Gasteiger partial charge in [-0.3, -0.25) is 4.84 Å². The van der Waals surface area contributed by atoms with E-state index in [9.17, 15) is 0 Å². The highest BCUT2D eigenvalue weighted by molar-refractivity contribution is 4.52. The summed E-state index contributed by atoms with van der Waals surface area (Å²) in [6.45, 7) is 0.542. The van der Waals surface area contributed by atoms with Crippen LogP contribution in [0.1, 0.15) is 0 Å². The highest BCUT2D eigenvalue weighted by Gasteiger charge is 2.02. The predicted octanol–water partition coefficient (Wildman–Crippen LogP) is -1.91. The molecule has 0 aliphatic rings. The van der Waals surface area contributed by atoms with Crippen molar-refractivity contribution >= 4 is 0 Å². The molecule has 50 valence electrons. The van der Waals surface area contributed by atoms with E-state index >= 15 is 0 Å². The molecule has 0 rings (SSSR count). The minimum Gasteiger partial charge on any atom is -0.328 e. The topological polar surface area (TPSA) is 96.5 Å². The van der Waals surface area contributed by atoms with E-state index in [4.69, 9.17) is 11.6 Å². The Morgan fingerprint density at radius 3 is 2.12 bits per heavy atom. The van der Waals surface area contributed by atoms with Gasteiger partial charge in [0.15, 0.2) is 0 Å². The molecule has 0 aliphatic carbocycles. The Bertz CT molecular complexity index is 47.8. The molecule has 0 unspecified atom stereocenters. The van der Waals surface area contributed by atoms with Gasteiger partial charge < -0.3 is 10.6 Å². The number of rotatable bonds is 4. The molecule has 0 aliphatic heterocycles. The Kier molecular flexibility index (Phi) is 4.82. The molecule has 0 bridgehead atoms. The lowest BCUT2D eigenvalue weighted by molar-refractivity contribution is -0.0133. The third kappa shape index (κ3) is 2.89.